The summed E-state index contributed by atoms with van der Waals surface area (Å²) in [7, 11) is 1.63. The van der Waals surface area contributed by atoms with E-state index >= 15 is 0 Å². The first-order valence-corrected chi connectivity index (χ1v) is 7.61. The fourth-order valence-corrected chi connectivity index (χ4v) is 2.67. The Labute approximate surface area is 133 Å². The van der Waals surface area contributed by atoms with Gasteiger partial charge in [0.2, 0.25) is 0 Å². The van der Waals surface area contributed by atoms with Gasteiger partial charge >= 0.3 is 0 Å². The molecule has 2 aromatic rings. The van der Waals surface area contributed by atoms with Gasteiger partial charge in [0.05, 0.1) is 18.2 Å². The van der Waals surface area contributed by atoms with Crippen LogP contribution in [0.4, 0.5) is 0 Å². The highest BCUT2D eigenvalue weighted by molar-refractivity contribution is 9.10. The van der Waals surface area contributed by atoms with Crippen LogP contribution >= 0.6 is 15.9 Å². The fraction of sp³-hybridized carbons (Fsp3) is 0.294. The van der Waals surface area contributed by atoms with Gasteiger partial charge in [-0.15, -0.1) is 0 Å². The fourth-order valence-electron chi connectivity index (χ4n) is 2.16. The zero-order valence-electron chi connectivity index (χ0n) is 12.4. The van der Waals surface area contributed by atoms with E-state index in [2.05, 4.69) is 15.9 Å². The first-order chi connectivity index (χ1) is 10.1. The van der Waals surface area contributed by atoms with Gasteiger partial charge < -0.3 is 14.6 Å². The van der Waals surface area contributed by atoms with E-state index in [-0.39, 0.29) is 0 Å². The predicted molar refractivity (Wildman–Crippen MR) is 87.1 cm³/mol. The molecule has 0 aliphatic heterocycles. The molecular weight excluding hydrogens is 332 g/mol. The summed E-state index contributed by atoms with van der Waals surface area (Å²) in [5.74, 6) is 1.55. The number of hydrogen-bond acceptors (Lipinski definition) is 3. The number of rotatable bonds is 5. The highest BCUT2D eigenvalue weighted by atomic mass is 79.9. The van der Waals surface area contributed by atoms with Crippen LogP contribution in [0.5, 0.6) is 11.5 Å². The summed E-state index contributed by atoms with van der Waals surface area (Å²) in [6.45, 7) is 4.52. The summed E-state index contributed by atoms with van der Waals surface area (Å²) in [6, 6.07) is 11.3. The second-order valence-corrected chi connectivity index (χ2v) is 5.61. The Morgan fingerprint density at radius 2 is 1.76 bits per heavy atom. The van der Waals surface area contributed by atoms with E-state index in [4.69, 9.17) is 9.47 Å². The van der Waals surface area contributed by atoms with E-state index < -0.39 is 6.10 Å². The lowest BCUT2D eigenvalue weighted by Crippen LogP contribution is -2.02. The second kappa shape index (κ2) is 6.96. The molecule has 1 unspecified atom stereocenters. The molecule has 0 amide bonds. The number of aliphatic hydroxyl groups is 1. The molecule has 3 nitrogen and oxygen atoms in total. The molecular formula is C17H19BrO3. The van der Waals surface area contributed by atoms with Crippen LogP contribution in [0.2, 0.25) is 0 Å². The minimum Gasteiger partial charge on any atom is -0.496 e. The Morgan fingerprint density at radius 3 is 2.38 bits per heavy atom. The summed E-state index contributed by atoms with van der Waals surface area (Å²) >= 11 is 3.47. The van der Waals surface area contributed by atoms with Gasteiger partial charge in [0.1, 0.15) is 17.6 Å². The van der Waals surface area contributed by atoms with Gasteiger partial charge in [-0.05, 0) is 64.7 Å². The lowest BCUT2D eigenvalue weighted by Gasteiger charge is -2.15. The molecule has 1 atom stereocenters. The molecule has 0 spiro atoms. The number of benzene rings is 2. The third-order valence-corrected chi connectivity index (χ3v) is 3.94. The maximum atomic E-state index is 10.5. The Hall–Kier alpha value is -1.52. The molecule has 1 N–H and O–H groups in total. The summed E-state index contributed by atoms with van der Waals surface area (Å²) in [5, 5.41) is 10.5. The zero-order chi connectivity index (χ0) is 15.4. The first kappa shape index (κ1) is 15.9. The average Bonchev–Trinajstić information content (AvgIpc) is 2.49. The number of halogens is 1. The highest BCUT2D eigenvalue weighted by Gasteiger charge is 2.14. The third kappa shape index (κ3) is 3.57. The van der Waals surface area contributed by atoms with Crippen LogP contribution in [0.15, 0.2) is 40.9 Å². The van der Waals surface area contributed by atoms with Crippen LogP contribution in [0.1, 0.15) is 29.7 Å². The standard InChI is InChI=1S/C17H19BrO3/c1-4-21-15-8-7-12(9-14(15)18)17(19)13-6-5-11(2)16(10-13)20-3/h5-10,17,19H,4H2,1-3H3. The van der Waals surface area contributed by atoms with Crippen LogP contribution in [0.25, 0.3) is 0 Å². The lowest BCUT2D eigenvalue weighted by atomic mass is 10.00. The van der Waals surface area contributed by atoms with Crippen molar-refractivity contribution in [3.8, 4) is 11.5 Å². The van der Waals surface area contributed by atoms with Crippen LogP contribution in [0.3, 0.4) is 0 Å². The smallest absolute Gasteiger partial charge is 0.133 e. The van der Waals surface area contributed by atoms with Gasteiger partial charge in [0, 0.05) is 0 Å². The quantitative estimate of drug-likeness (QED) is 0.875. The Kier molecular flexibility index (Phi) is 5.26. The van der Waals surface area contributed by atoms with Gasteiger partial charge in [-0.1, -0.05) is 18.2 Å². The Bertz CT molecular complexity index is 625. The molecule has 4 heteroatoms. The number of ether oxygens (including phenoxy) is 2. The number of aliphatic hydroxyl groups excluding tert-OH is 1. The van der Waals surface area contributed by atoms with Gasteiger partial charge in [-0.25, -0.2) is 0 Å². The molecule has 21 heavy (non-hydrogen) atoms. The van der Waals surface area contributed by atoms with Crippen molar-refractivity contribution >= 4 is 15.9 Å². The lowest BCUT2D eigenvalue weighted by molar-refractivity contribution is 0.219. The largest absolute Gasteiger partial charge is 0.496 e. The monoisotopic (exact) mass is 350 g/mol. The molecule has 112 valence electrons. The van der Waals surface area contributed by atoms with Crippen LogP contribution in [0, 0.1) is 6.92 Å². The molecule has 2 rings (SSSR count). The molecule has 0 radical (unpaired) electrons. The average molecular weight is 351 g/mol. The van der Waals surface area contributed by atoms with Crippen molar-refractivity contribution in [2.24, 2.45) is 0 Å². The molecule has 0 bridgehead atoms. The van der Waals surface area contributed by atoms with Crippen molar-refractivity contribution in [2.75, 3.05) is 13.7 Å². The first-order valence-electron chi connectivity index (χ1n) is 6.81. The minimum absolute atomic E-state index is 0.607. The van der Waals surface area contributed by atoms with E-state index in [1.807, 2.05) is 50.2 Å². The van der Waals surface area contributed by atoms with E-state index in [0.717, 1.165) is 32.7 Å². The minimum atomic E-state index is -0.702. The van der Waals surface area contributed by atoms with E-state index in [0.29, 0.717) is 6.61 Å². The van der Waals surface area contributed by atoms with Crippen LogP contribution < -0.4 is 9.47 Å². The van der Waals surface area contributed by atoms with Crippen molar-refractivity contribution in [1.82, 2.24) is 0 Å². The molecule has 0 aromatic heterocycles. The summed E-state index contributed by atoms with van der Waals surface area (Å²) < 4.78 is 11.6. The molecule has 0 fully saturated rings. The maximum absolute atomic E-state index is 10.5. The normalized spacial score (nSPS) is 12.0. The molecule has 2 aromatic carbocycles. The van der Waals surface area contributed by atoms with Crippen molar-refractivity contribution in [2.45, 2.75) is 20.0 Å². The van der Waals surface area contributed by atoms with Crippen LogP contribution in [-0.4, -0.2) is 18.8 Å². The summed E-state index contributed by atoms with van der Waals surface area (Å²) in [4.78, 5) is 0. The Balaban J connectivity index is 2.31. The van der Waals surface area contributed by atoms with Gasteiger partial charge in [-0.3, -0.25) is 0 Å². The van der Waals surface area contributed by atoms with E-state index in [1.165, 1.54) is 0 Å². The van der Waals surface area contributed by atoms with Crippen molar-refractivity contribution in [1.29, 1.82) is 0 Å². The predicted octanol–water partition coefficient (Wildman–Crippen LogP) is 4.25. The second-order valence-electron chi connectivity index (χ2n) is 4.75. The summed E-state index contributed by atoms with van der Waals surface area (Å²) in [5.41, 5.74) is 2.64. The maximum Gasteiger partial charge on any atom is 0.133 e. The SMILES string of the molecule is CCOc1ccc(C(O)c2ccc(C)c(OC)c2)cc1Br. The number of hydrogen-bond donors (Lipinski definition) is 1. The molecule has 0 aliphatic rings. The molecule has 0 heterocycles. The van der Waals surface area contributed by atoms with Crippen molar-refractivity contribution < 1.29 is 14.6 Å². The topological polar surface area (TPSA) is 38.7 Å². The van der Waals surface area contributed by atoms with Crippen LogP contribution in [-0.2, 0) is 0 Å². The molecule has 0 aliphatic carbocycles. The molecule has 0 saturated heterocycles. The third-order valence-electron chi connectivity index (χ3n) is 3.32. The number of methoxy groups -OCH3 is 1. The van der Waals surface area contributed by atoms with Crippen molar-refractivity contribution in [3.05, 3.63) is 57.6 Å². The zero-order valence-corrected chi connectivity index (χ0v) is 14.0. The molecule has 0 saturated carbocycles. The highest BCUT2D eigenvalue weighted by Crippen LogP contribution is 2.32. The summed E-state index contributed by atoms with van der Waals surface area (Å²) in [6.07, 6.45) is -0.702. The van der Waals surface area contributed by atoms with E-state index in [9.17, 15) is 5.11 Å². The van der Waals surface area contributed by atoms with Gasteiger partial charge in [0.15, 0.2) is 0 Å². The number of aryl methyl sites for hydroxylation is 1. The van der Waals surface area contributed by atoms with Crippen molar-refractivity contribution in [3.63, 3.8) is 0 Å². The van der Waals surface area contributed by atoms with Gasteiger partial charge in [-0.2, -0.15) is 0 Å². The van der Waals surface area contributed by atoms with Gasteiger partial charge in [0.25, 0.3) is 0 Å². The van der Waals surface area contributed by atoms with E-state index in [1.54, 1.807) is 7.11 Å². The Morgan fingerprint density at radius 1 is 1.10 bits per heavy atom.